The maximum atomic E-state index is 12.2. The monoisotopic (exact) mass is 290 g/mol. The summed E-state index contributed by atoms with van der Waals surface area (Å²) in [6.45, 7) is 3.00. The highest BCUT2D eigenvalue weighted by Crippen LogP contribution is 2.31. The number of carbonyl (C=O) groups is 1. The maximum absolute atomic E-state index is 12.2. The number of nitrogen functional groups attached to an aromatic ring is 1. The Morgan fingerprint density at radius 3 is 2.95 bits per heavy atom. The summed E-state index contributed by atoms with van der Waals surface area (Å²) in [5.41, 5.74) is 7.06. The molecule has 6 heteroatoms. The van der Waals surface area contributed by atoms with E-state index >= 15 is 0 Å². The van der Waals surface area contributed by atoms with Crippen LogP contribution >= 0.6 is 11.3 Å². The average molecular weight is 290 g/mol. The Hall–Kier alpha value is -1.69. The molecule has 5 nitrogen and oxygen atoms in total. The summed E-state index contributed by atoms with van der Waals surface area (Å²) in [5.74, 6) is 1.27. The van der Waals surface area contributed by atoms with E-state index in [-0.39, 0.29) is 5.91 Å². The van der Waals surface area contributed by atoms with Crippen molar-refractivity contribution >= 4 is 33.3 Å². The lowest BCUT2D eigenvalue weighted by atomic mass is 10.1. The van der Waals surface area contributed by atoms with Crippen LogP contribution in [0.1, 0.15) is 35.9 Å². The second kappa shape index (κ2) is 5.36. The minimum absolute atomic E-state index is 0.105. The standard InChI is InChI=1S/C14H18N4OS/c1-8-2-3-9(6-8)7-18-13(19)12-10(15)11-14(20-12)17-5-4-16-11/h4-5,8-9H,2-3,6-7,15H2,1H3,(H,18,19). The highest BCUT2D eigenvalue weighted by Gasteiger charge is 2.23. The molecule has 2 atom stereocenters. The minimum Gasteiger partial charge on any atom is -0.396 e. The van der Waals surface area contributed by atoms with E-state index in [4.69, 9.17) is 5.73 Å². The Kier molecular flexibility index (Phi) is 3.56. The molecule has 0 spiro atoms. The van der Waals surface area contributed by atoms with E-state index in [0.29, 0.717) is 26.8 Å². The molecule has 2 heterocycles. The Morgan fingerprint density at radius 1 is 1.45 bits per heavy atom. The fourth-order valence-corrected chi connectivity index (χ4v) is 3.78. The smallest absolute Gasteiger partial charge is 0.263 e. The molecule has 0 radical (unpaired) electrons. The highest BCUT2D eigenvalue weighted by atomic mass is 32.1. The molecule has 106 valence electrons. The summed E-state index contributed by atoms with van der Waals surface area (Å²) >= 11 is 1.30. The molecule has 2 aromatic rings. The molecule has 3 rings (SSSR count). The third kappa shape index (κ3) is 2.47. The number of amides is 1. The molecule has 3 N–H and O–H groups in total. The SMILES string of the molecule is CC1CCC(CNC(=O)c2sc3nccnc3c2N)C1. The van der Waals surface area contributed by atoms with Crippen LogP contribution in [-0.4, -0.2) is 22.4 Å². The number of nitrogens with two attached hydrogens (primary N) is 1. The van der Waals surface area contributed by atoms with Gasteiger partial charge in [-0.1, -0.05) is 13.3 Å². The number of thiophene rings is 1. The van der Waals surface area contributed by atoms with Gasteiger partial charge in [0.25, 0.3) is 5.91 Å². The van der Waals surface area contributed by atoms with Crippen molar-refractivity contribution in [3.05, 3.63) is 17.3 Å². The zero-order valence-electron chi connectivity index (χ0n) is 11.4. The number of hydrogen-bond donors (Lipinski definition) is 2. The van der Waals surface area contributed by atoms with Crippen LogP contribution < -0.4 is 11.1 Å². The number of fused-ring (bicyclic) bond motifs is 1. The van der Waals surface area contributed by atoms with Gasteiger partial charge >= 0.3 is 0 Å². The van der Waals surface area contributed by atoms with Gasteiger partial charge in [0.05, 0.1) is 5.69 Å². The van der Waals surface area contributed by atoms with Gasteiger partial charge in [0, 0.05) is 18.9 Å². The second-order valence-corrected chi connectivity index (χ2v) is 6.55. The summed E-state index contributed by atoms with van der Waals surface area (Å²) in [4.78, 5) is 21.8. The first-order valence-electron chi connectivity index (χ1n) is 6.92. The molecule has 0 saturated heterocycles. The van der Waals surface area contributed by atoms with Gasteiger partial charge in [-0.05, 0) is 24.7 Å². The summed E-state index contributed by atoms with van der Waals surface area (Å²) in [7, 11) is 0. The van der Waals surface area contributed by atoms with Crippen molar-refractivity contribution in [2.45, 2.75) is 26.2 Å². The van der Waals surface area contributed by atoms with Crippen LogP contribution in [0.25, 0.3) is 10.3 Å². The van der Waals surface area contributed by atoms with E-state index < -0.39 is 0 Å². The zero-order chi connectivity index (χ0) is 14.1. The van der Waals surface area contributed by atoms with Crippen LogP contribution in [0.4, 0.5) is 5.69 Å². The second-order valence-electron chi connectivity index (χ2n) is 5.55. The summed E-state index contributed by atoms with van der Waals surface area (Å²) in [6, 6.07) is 0. The molecule has 2 unspecified atom stereocenters. The van der Waals surface area contributed by atoms with Crippen LogP contribution in [-0.2, 0) is 0 Å². The largest absolute Gasteiger partial charge is 0.396 e. The van der Waals surface area contributed by atoms with E-state index in [0.717, 1.165) is 12.5 Å². The topological polar surface area (TPSA) is 80.9 Å². The molecule has 1 aliphatic rings. The van der Waals surface area contributed by atoms with Crippen LogP contribution in [0.15, 0.2) is 12.4 Å². The molecule has 20 heavy (non-hydrogen) atoms. The molecule has 1 amide bonds. The number of nitrogens with zero attached hydrogens (tertiary/aromatic N) is 2. The summed E-state index contributed by atoms with van der Waals surface area (Å²) in [5, 5.41) is 3.00. The first kappa shape index (κ1) is 13.3. The van der Waals surface area contributed by atoms with Crippen LogP contribution in [0.3, 0.4) is 0 Å². The van der Waals surface area contributed by atoms with Gasteiger partial charge in [-0.2, -0.15) is 0 Å². The predicted molar refractivity (Wildman–Crippen MR) is 80.7 cm³/mol. The third-order valence-corrected chi connectivity index (χ3v) is 5.03. The van der Waals surface area contributed by atoms with Gasteiger partial charge in [0.1, 0.15) is 15.2 Å². The number of hydrogen-bond acceptors (Lipinski definition) is 5. The summed E-state index contributed by atoms with van der Waals surface area (Å²) in [6.07, 6.45) is 6.87. The lowest BCUT2D eigenvalue weighted by Crippen LogP contribution is -2.28. The van der Waals surface area contributed by atoms with Crippen molar-refractivity contribution in [2.24, 2.45) is 11.8 Å². The number of aromatic nitrogens is 2. The number of rotatable bonds is 3. The number of nitrogens with one attached hydrogen (secondary N) is 1. The Bertz CT molecular complexity index is 639. The number of carbonyl (C=O) groups excluding carboxylic acids is 1. The van der Waals surface area contributed by atoms with E-state index in [1.807, 2.05) is 0 Å². The van der Waals surface area contributed by atoms with Crippen LogP contribution in [0.2, 0.25) is 0 Å². The maximum Gasteiger partial charge on any atom is 0.263 e. The molecule has 0 aliphatic heterocycles. The molecular weight excluding hydrogens is 272 g/mol. The molecule has 0 aromatic carbocycles. The predicted octanol–water partition coefficient (Wildman–Crippen LogP) is 2.44. The molecular formula is C14H18N4OS. The van der Waals surface area contributed by atoms with Crippen molar-refractivity contribution < 1.29 is 4.79 Å². The van der Waals surface area contributed by atoms with Crippen molar-refractivity contribution in [1.29, 1.82) is 0 Å². The molecule has 1 saturated carbocycles. The Balaban J connectivity index is 1.71. The zero-order valence-corrected chi connectivity index (χ0v) is 12.2. The lowest BCUT2D eigenvalue weighted by Gasteiger charge is -2.10. The number of anilines is 1. The van der Waals surface area contributed by atoms with Crippen LogP contribution in [0.5, 0.6) is 0 Å². The minimum atomic E-state index is -0.105. The van der Waals surface area contributed by atoms with Gasteiger partial charge in [-0.3, -0.25) is 4.79 Å². The van der Waals surface area contributed by atoms with Crippen molar-refractivity contribution in [3.8, 4) is 0 Å². The first-order chi connectivity index (χ1) is 9.65. The highest BCUT2D eigenvalue weighted by molar-refractivity contribution is 7.21. The van der Waals surface area contributed by atoms with Crippen molar-refractivity contribution in [1.82, 2.24) is 15.3 Å². The molecule has 2 aromatic heterocycles. The Morgan fingerprint density at radius 2 is 2.25 bits per heavy atom. The fourth-order valence-electron chi connectivity index (χ4n) is 2.84. The molecule has 1 aliphatic carbocycles. The lowest BCUT2D eigenvalue weighted by molar-refractivity contribution is 0.0952. The first-order valence-corrected chi connectivity index (χ1v) is 7.74. The van der Waals surface area contributed by atoms with E-state index in [1.54, 1.807) is 12.4 Å². The Labute approximate surface area is 121 Å². The molecule has 0 bridgehead atoms. The molecule has 1 fully saturated rings. The summed E-state index contributed by atoms with van der Waals surface area (Å²) < 4.78 is 0. The average Bonchev–Trinajstić information content (AvgIpc) is 3.01. The van der Waals surface area contributed by atoms with Gasteiger partial charge in [0.15, 0.2) is 0 Å². The quantitative estimate of drug-likeness (QED) is 0.909. The van der Waals surface area contributed by atoms with Crippen molar-refractivity contribution in [3.63, 3.8) is 0 Å². The van der Waals surface area contributed by atoms with Gasteiger partial charge in [0.2, 0.25) is 0 Å². The normalized spacial score (nSPS) is 22.2. The van der Waals surface area contributed by atoms with E-state index in [2.05, 4.69) is 22.2 Å². The third-order valence-electron chi connectivity index (χ3n) is 3.92. The van der Waals surface area contributed by atoms with Gasteiger partial charge in [-0.15, -0.1) is 11.3 Å². The van der Waals surface area contributed by atoms with E-state index in [1.165, 1.54) is 30.6 Å². The van der Waals surface area contributed by atoms with Gasteiger partial charge < -0.3 is 11.1 Å². The van der Waals surface area contributed by atoms with Crippen molar-refractivity contribution in [2.75, 3.05) is 12.3 Å². The van der Waals surface area contributed by atoms with Crippen LogP contribution in [0, 0.1) is 11.8 Å². The fraction of sp³-hybridized carbons (Fsp3) is 0.500. The van der Waals surface area contributed by atoms with E-state index in [9.17, 15) is 4.79 Å². The van der Waals surface area contributed by atoms with Gasteiger partial charge in [-0.25, -0.2) is 9.97 Å².